The largest absolute Gasteiger partial charge is 1.00 e. The molecule has 0 spiro atoms. The Balaban J connectivity index is 0.00000576. The van der Waals surface area contributed by atoms with Crippen LogP contribution in [-0.2, 0) is 33.3 Å². The second-order valence-corrected chi connectivity index (χ2v) is 14.1. The van der Waals surface area contributed by atoms with Gasteiger partial charge in [0.1, 0.15) is 5.82 Å². The molecular formula is C30H32Cl2KN5O6S2. The predicted molar refractivity (Wildman–Crippen MR) is 176 cm³/mol. The maximum atomic E-state index is 11.3. The number of rotatable bonds is 13. The van der Waals surface area contributed by atoms with Crippen LogP contribution in [0.15, 0.2) is 60.5 Å². The Morgan fingerprint density at radius 3 is 2.07 bits per heavy atom. The van der Waals surface area contributed by atoms with Crippen molar-refractivity contribution in [3.8, 4) is 0 Å². The monoisotopic (exact) mass is 731 g/mol. The van der Waals surface area contributed by atoms with Crippen molar-refractivity contribution in [1.29, 1.82) is 0 Å². The van der Waals surface area contributed by atoms with E-state index in [1.54, 1.807) is 24.3 Å². The van der Waals surface area contributed by atoms with Crippen molar-refractivity contribution in [1.82, 2.24) is 4.57 Å². The summed E-state index contributed by atoms with van der Waals surface area (Å²) in [5, 5.41) is 0.732. The van der Waals surface area contributed by atoms with Crippen LogP contribution >= 0.6 is 23.2 Å². The van der Waals surface area contributed by atoms with Gasteiger partial charge in [0, 0.05) is 30.7 Å². The van der Waals surface area contributed by atoms with Crippen molar-refractivity contribution < 1.29 is 81.9 Å². The number of nitrogens with zero attached hydrogens (tertiary/aromatic N) is 5. The average molecular weight is 733 g/mol. The zero-order chi connectivity index (χ0) is 32.9. The Bertz CT molecular complexity index is 1950. The fourth-order valence-electron chi connectivity index (χ4n) is 5.41. The molecule has 0 saturated heterocycles. The van der Waals surface area contributed by atoms with Gasteiger partial charge in [0.25, 0.3) is 5.82 Å². The molecule has 0 atom stereocenters. The van der Waals surface area contributed by atoms with Crippen molar-refractivity contribution in [2.45, 2.75) is 39.8 Å². The van der Waals surface area contributed by atoms with Gasteiger partial charge in [-0.3, -0.25) is 0 Å². The van der Waals surface area contributed by atoms with Crippen molar-refractivity contribution >= 4 is 77.6 Å². The molecule has 46 heavy (non-hydrogen) atoms. The molecule has 0 saturated carbocycles. The standard InChI is InChI=1S/C30H33Cl2N5O6S2.K/c1-4-34-25-14-13-22(33-3)19-26(25)36(15-9-17-44(38,39)40)29(34)11-7-6-8-12-30-35(5-2)27-20-23(31)24(32)21-28(27)37(30)16-10-18-45(41,42)43;/h6-8,11-14,19-21H,4-5,9-10,15-18H2,1-2H3,(H-,38,39,40,41,42,43);/q;+1/p-1. The molecule has 1 aromatic heterocycles. The number of hydrogen-bond donors (Lipinski definition) is 0. The van der Waals surface area contributed by atoms with Crippen LogP contribution in [-0.4, -0.2) is 55.1 Å². The maximum Gasteiger partial charge on any atom is 1.00 e. The molecule has 0 radical (unpaired) electrons. The third-order valence-corrected chi connectivity index (χ3v) is 9.57. The molecule has 3 aromatic rings. The van der Waals surface area contributed by atoms with E-state index in [-0.39, 0.29) is 77.3 Å². The first-order valence-corrected chi connectivity index (χ1v) is 18.1. The third-order valence-electron chi connectivity index (χ3n) is 7.27. The summed E-state index contributed by atoms with van der Waals surface area (Å²) < 4.78 is 71.5. The molecule has 0 bridgehead atoms. The second kappa shape index (κ2) is 16.6. The Hall–Kier alpha value is -1.74. The van der Waals surface area contributed by atoms with Gasteiger partial charge >= 0.3 is 51.4 Å². The summed E-state index contributed by atoms with van der Waals surface area (Å²) in [6.45, 7) is 13.1. The van der Waals surface area contributed by atoms with Crippen molar-refractivity contribution in [3.05, 3.63) is 87.7 Å². The van der Waals surface area contributed by atoms with Gasteiger partial charge in [0.15, 0.2) is 16.7 Å². The van der Waals surface area contributed by atoms with Crippen LogP contribution in [0.3, 0.4) is 0 Å². The summed E-state index contributed by atoms with van der Waals surface area (Å²) in [7, 11) is -8.75. The number of imidazole rings is 1. The number of aromatic nitrogens is 2. The Labute approximate surface area is 322 Å². The molecule has 11 nitrogen and oxygen atoms in total. The van der Waals surface area contributed by atoms with Gasteiger partial charge in [0.2, 0.25) is 0 Å². The third kappa shape index (κ3) is 9.45. The van der Waals surface area contributed by atoms with Gasteiger partial charge in [0.05, 0.1) is 61.3 Å². The normalized spacial score (nSPS) is 14.5. The van der Waals surface area contributed by atoms with Crippen LogP contribution in [0.25, 0.3) is 22.0 Å². The fraction of sp³-hybridized carbons (Fsp3) is 0.333. The summed E-state index contributed by atoms with van der Waals surface area (Å²) in [5.41, 5.74) is 3.63. The Morgan fingerprint density at radius 1 is 0.891 bits per heavy atom. The summed E-state index contributed by atoms with van der Waals surface area (Å²) in [4.78, 5) is 7.44. The number of halogens is 2. The van der Waals surface area contributed by atoms with E-state index in [9.17, 15) is 25.9 Å². The molecule has 1 aliphatic heterocycles. The van der Waals surface area contributed by atoms with E-state index in [0.717, 1.165) is 34.1 Å². The SMILES string of the molecule is [C-]#[N+]c1ccc2c(c1)n(CCCS(=O)(=O)[O-])c(/C=C/C=C/C=C1\N(CC)c3cc(Cl)c(Cl)cc3N1CCCS(=O)(=O)[O-])[n+]2CC.[K+]. The first kappa shape index (κ1) is 38.7. The molecule has 240 valence electrons. The number of benzene rings is 2. The molecule has 0 N–H and O–H groups in total. The van der Waals surface area contributed by atoms with E-state index >= 15 is 0 Å². The topological polar surface area (TPSA) is 134 Å². The van der Waals surface area contributed by atoms with Gasteiger partial charge in [-0.2, -0.15) is 0 Å². The van der Waals surface area contributed by atoms with Crippen LogP contribution < -0.4 is 65.8 Å². The second-order valence-electron chi connectivity index (χ2n) is 10.2. The minimum atomic E-state index is -4.38. The fourth-order valence-corrected chi connectivity index (χ4v) is 6.69. The van der Waals surface area contributed by atoms with E-state index in [1.807, 2.05) is 69.2 Å². The predicted octanol–water partition coefficient (Wildman–Crippen LogP) is 2.44. The maximum absolute atomic E-state index is 11.3. The van der Waals surface area contributed by atoms with E-state index in [0.29, 0.717) is 28.8 Å². The smallest absolute Gasteiger partial charge is 0.748 e. The molecule has 2 aromatic carbocycles. The van der Waals surface area contributed by atoms with Gasteiger partial charge in [-0.25, -0.2) is 30.8 Å². The van der Waals surface area contributed by atoms with Crippen molar-refractivity contribution in [3.63, 3.8) is 0 Å². The number of hydrogen-bond acceptors (Lipinski definition) is 8. The quantitative estimate of drug-likeness (QED) is 0.0861. The van der Waals surface area contributed by atoms with Crippen LogP contribution in [0, 0.1) is 6.57 Å². The van der Waals surface area contributed by atoms with Crippen LogP contribution in [0.5, 0.6) is 0 Å². The zero-order valence-corrected chi connectivity index (χ0v) is 32.0. The van der Waals surface area contributed by atoms with E-state index in [1.165, 1.54) is 0 Å². The molecule has 0 amide bonds. The van der Waals surface area contributed by atoms with Gasteiger partial charge < -0.3 is 18.9 Å². The molecule has 0 unspecified atom stereocenters. The molecule has 4 rings (SSSR count). The van der Waals surface area contributed by atoms with E-state index < -0.39 is 31.7 Å². The summed E-state index contributed by atoms with van der Waals surface area (Å²) in [5.74, 6) is 0.523. The minimum absolute atomic E-state index is 0. The number of aryl methyl sites for hydroxylation is 2. The molecule has 0 aliphatic carbocycles. The van der Waals surface area contributed by atoms with Crippen LogP contribution in [0.4, 0.5) is 17.1 Å². The minimum Gasteiger partial charge on any atom is -0.748 e. The Morgan fingerprint density at radius 2 is 1.50 bits per heavy atom. The van der Waals surface area contributed by atoms with Gasteiger partial charge in [-0.05, 0) is 57.0 Å². The summed E-state index contributed by atoms with van der Waals surface area (Å²) in [6.07, 6.45) is 9.45. The van der Waals surface area contributed by atoms with Gasteiger partial charge in [-0.1, -0.05) is 47.5 Å². The van der Waals surface area contributed by atoms with Gasteiger partial charge in [-0.15, -0.1) is 0 Å². The van der Waals surface area contributed by atoms with Crippen LogP contribution in [0.2, 0.25) is 10.0 Å². The first-order chi connectivity index (χ1) is 21.3. The van der Waals surface area contributed by atoms with E-state index in [4.69, 9.17) is 29.8 Å². The molecule has 16 heteroatoms. The number of fused-ring (bicyclic) bond motifs is 2. The first-order valence-electron chi connectivity index (χ1n) is 14.2. The Kier molecular flexibility index (Phi) is 13.9. The van der Waals surface area contributed by atoms with E-state index in [2.05, 4.69) is 4.85 Å². The molecule has 0 fully saturated rings. The number of allylic oxidation sites excluding steroid dienone is 4. The molecular weight excluding hydrogens is 700 g/mol. The summed E-state index contributed by atoms with van der Waals surface area (Å²) in [6, 6.07) is 8.81. The van der Waals surface area contributed by atoms with Crippen LogP contribution in [0.1, 0.15) is 32.5 Å². The average Bonchev–Trinajstić information content (AvgIpc) is 3.41. The molecule has 1 aliphatic rings. The summed E-state index contributed by atoms with van der Waals surface area (Å²) >= 11 is 12.6. The zero-order valence-electron chi connectivity index (χ0n) is 25.7. The van der Waals surface area contributed by atoms with Crippen molar-refractivity contribution in [2.75, 3.05) is 34.4 Å². The van der Waals surface area contributed by atoms with Crippen molar-refractivity contribution in [2.24, 2.45) is 0 Å². The number of anilines is 2. The molecule has 2 heterocycles.